The van der Waals surface area contributed by atoms with Crippen molar-refractivity contribution in [2.75, 3.05) is 13.1 Å². The van der Waals surface area contributed by atoms with Gasteiger partial charge in [-0.15, -0.1) is 10.2 Å². The molecule has 3 aromatic rings. The van der Waals surface area contributed by atoms with Crippen molar-refractivity contribution in [1.29, 1.82) is 0 Å². The summed E-state index contributed by atoms with van der Waals surface area (Å²) in [5, 5.41) is 8.38. The van der Waals surface area contributed by atoms with Crippen LogP contribution in [0.25, 0.3) is 11.5 Å². The average molecular weight is 333 g/mol. The molecule has 1 aromatic heterocycles. The van der Waals surface area contributed by atoms with Crippen molar-refractivity contribution in [2.45, 2.75) is 19.3 Å². The molecule has 0 radical (unpaired) electrons. The van der Waals surface area contributed by atoms with E-state index in [0.717, 1.165) is 12.0 Å². The molecule has 1 fully saturated rings. The van der Waals surface area contributed by atoms with Crippen molar-refractivity contribution in [2.24, 2.45) is 0 Å². The van der Waals surface area contributed by atoms with Crippen LogP contribution in [0.5, 0.6) is 0 Å². The average Bonchev–Trinajstić information content (AvgIpc) is 3.32. The van der Waals surface area contributed by atoms with E-state index >= 15 is 0 Å². The van der Waals surface area contributed by atoms with Crippen LogP contribution in [0.15, 0.2) is 59.0 Å². The zero-order valence-corrected chi connectivity index (χ0v) is 14.1. The Morgan fingerprint density at radius 3 is 2.60 bits per heavy atom. The Morgan fingerprint density at radius 2 is 1.84 bits per heavy atom. The van der Waals surface area contributed by atoms with Gasteiger partial charge in [-0.25, -0.2) is 0 Å². The smallest absolute Gasteiger partial charge is 0.253 e. The number of carbonyl (C=O) groups is 1. The molecule has 5 nitrogen and oxygen atoms in total. The summed E-state index contributed by atoms with van der Waals surface area (Å²) in [5.41, 5.74) is 2.82. The van der Waals surface area contributed by atoms with E-state index in [2.05, 4.69) is 10.2 Å². The Bertz CT molecular complexity index is 871. The molecule has 0 bridgehead atoms. The van der Waals surface area contributed by atoms with Crippen LogP contribution in [0, 0.1) is 6.92 Å². The molecule has 1 atom stereocenters. The molecule has 2 heterocycles. The molecule has 0 unspecified atom stereocenters. The van der Waals surface area contributed by atoms with E-state index < -0.39 is 0 Å². The molecule has 25 heavy (non-hydrogen) atoms. The van der Waals surface area contributed by atoms with Gasteiger partial charge in [0.15, 0.2) is 0 Å². The van der Waals surface area contributed by atoms with Crippen LogP contribution in [-0.2, 0) is 0 Å². The number of hydrogen-bond acceptors (Lipinski definition) is 4. The first-order chi connectivity index (χ1) is 12.2. The summed E-state index contributed by atoms with van der Waals surface area (Å²) in [6.45, 7) is 3.36. The van der Waals surface area contributed by atoms with E-state index in [1.54, 1.807) is 0 Å². The first-order valence-corrected chi connectivity index (χ1v) is 8.45. The Balaban J connectivity index is 1.47. The van der Waals surface area contributed by atoms with Crippen LogP contribution in [0.1, 0.15) is 34.2 Å². The highest BCUT2D eigenvalue weighted by Gasteiger charge is 2.31. The number of aromatic nitrogens is 2. The van der Waals surface area contributed by atoms with Crippen LogP contribution in [-0.4, -0.2) is 34.1 Å². The summed E-state index contributed by atoms with van der Waals surface area (Å²) in [6.07, 6.45) is 0.841. The van der Waals surface area contributed by atoms with Crippen molar-refractivity contribution in [1.82, 2.24) is 15.1 Å². The Labute approximate surface area is 146 Å². The second kappa shape index (κ2) is 6.51. The second-order valence-corrected chi connectivity index (χ2v) is 6.41. The number of amides is 1. The van der Waals surface area contributed by atoms with Crippen molar-refractivity contribution < 1.29 is 9.21 Å². The normalized spacial score (nSPS) is 17.0. The Hall–Kier alpha value is -2.95. The van der Waals surface area contributed by atoms with Gasteiger partial charge in [-0.3, -0.25) is 4.79 Å². The lowest BCUT2D eigenvalue weighted by atomic mass is 10.1. The number of benzene rings is 2. The molecule has 126 valence electrons. The first kappa shape index (κ1) is 15.6. The van der Waals surface area contributed by atoms with E-state index in [-0.39, 0.29) is 11.8 Å². The summed E-state index contributed by atoms with van der Waals surface area (Å²) in [7, 11) is 0. The summed E-state index contributed by atoms with van der Waals surface area (Å²) in [6, 6.07) is 17.4. The van der Waals surface area contributed by atoms with Crippen LogP contribution in [0.3, 0.4) is 0 Å². The third-order valence-electron chi connectivity index (χ3n) is 4.58. The Kier molecular flexibility index (Phi) is 4.06. The van der Waals surface area contributed by atoms with Crippen LogP contribution in [0.2, 0.25) is 0 Å². The van der Waals surface area contributed by atoms with Gasteiger partial charge in [0.05, 0.1) is 5.92 Å². The van der Waals surface area contributed by atoms with Crippen LogP contribution >= 0.6 is 0 Å². The highest BCUT2D eigenvalue weighted by molar-refractivity contribution is 5.94. The summed E-state index contributed by atoms with van der Waals surface area (Å²) in [5.74, 6) is 1.29. The maximum absolute atomic E-state index is 12.5. The van der Waals surface area contributed by atoms with Gasteiger partial charge >= 0.3 is 0 Å². The van der Waals surface area contributed by atoms with Crippen molar-refractivity contribution in [3.63, 3.8) is 0 Å². The monoisotopic (exact) mass is 333 g/mol. The van der Waals surface area contributed by atoms with Gasteiger partial charge in [-0.1, -0.05) is 35.9 Å². The maximum Gasteiger partial charge on any atom is 0.253 e. The molecule has 0 saturated carbocycles. The minimum atomic E-state index is 0.0568. The minimum Gasteiger partial charge on any atom is -0.420 e. The largest absolute Gasteiger partial charge is 0.420 e. The predicted molar refractivity (Wildman–Crippen MR) is 94.2 cm³/mol. The fourth-order valence-corrected chi connectivity index (χ4v) is 3.12. The molecule has 0 spiro atoms. The van der Waals surface area contributed by atoms with Crippen molar-refractivity contribution >= 4 is 5.91 Å². The summed E-state index contributed by atoms with van der Waals surface area (Å²) < 4.78 is 5.87. The minimum absolute atomic E-state index is 0.0568. The number of hydrogen-bond donors (Lipinski definition) is 0. The van der Waals surface area contributed by atoms with E-state index in [1.807, 2.05) is 66.4 Å². The number of likely N-dealkylation sites (tertiary alicyclic amines) is 1. The van der Waals surface area contributed by atoms with E-state index in [1.165, 1.54) is 5.56 Å². The number of nitrogens with zero attached hydrogens (tertiary/aromatic N) is 3. The molecular weight excluding hydrogens is 314 g/mol. The van der Waals surface area contributed by atoms with Gasteiger partial charge < -0.3 is 9.32 Å². The molecule has 1 saturated heterocycles. The van der Waals surface area contributed by atoms with Crippen LogP contribution in [0.4, 0.5) is 0 Å². The fourth-order valence-electron chi connectivity index (χ4n) is 3.12. The third kappa shape index (κ3) is 3.18. The van der Waals surface area contributed by atoms with Gasteiger partial charge in [-0.2, -0.15) is 0 Å². The molecule has 5 heteroatoms. The van der Waals surface area contributed by atoms with Gasteiger partial charge in [-0.05, 0) is 37.6 Å². The molecule has 0 aliphatic carbocycles. The van der Waals surface area contributed by atoms with Gasteiger partial charge in [0, 0.05) is 24.2 Å². The van der Waals surface area contributed by atoms with E-state index in [4.69, 9.17) is 4.42 Å². The van der Waals surface area contributed by atoms with Crippen LogP contribution < -0.4 is 0 Å². The Morgan fingerprint density at radius 1 is 1.08 bits per heavy atom. The lowest BCUT2D eigenvalue weighted by Gasteiger charge is -2.15. The molecular formula is C20H19N3O2. The summed E-state index contributed by atoms with van der Waals surface area (Å²) >= 11 is 0. The van der Waals surface area contributed by atoms with E-state index in [0.29, 0.717) is 30.4 Å². The van der Waals surface area contributed by atoms with Crippen molar-refractivity contribution in [3.8, 4) is 11.5 Å². The molecule has 0 N–H and O–H groups in total. The number of carbonyl (C=O) groups excluding carboxylic acids is 1. The third-order valence-corrected chi connectivity index (χ3v) is 4.58. The molecule has 2 aromatic carbocycles. The topological polar surface area (TPSA) is 59.2 Å². The fraction of sp³-hybridized carbons (Fsp3) is 0.250. The molecule has 4 rings (SSSR count). The standard InChI is InChI=1S/C20H19N3O2/c1-14-7-9-15(10-8-14)18-21-22-19(25-18)17-11-12-23(13-17)20(24)16-5-3-2-4-6-16/h2-10,17H,11-13H2,1H3/t17-/m0/s1. The van der Waals surface area contributed by atoms with E-state index in [9.17, 15) is 4.79 Å². The molecule has 1 aliphatic heterocycles. The van der Waals surface area contributed by atoms with Crippen molar-refractivity contribution in [3.05, 3.63) is 71.6 Å². The zero-order valence-electron chi connectivity index (χ0n) is 14.1. The van der Waals surface area contributed by atoms with Gasteiger partial charge in [0.2, 0.25) is 11.8 Å². The quantitative estimate of drug-likeness (QED) is 0.734. The lowest BCUT2D eigenvalue weighted by Crippen LogP contribution is -2.28. The summed E-state index contributed by atoms with van der Waals surface area (Å²) in [4.78, 5) is 14.4. The van der Waals surface area contributed by atoms with Gasteiger partial charge in [0.1, 0.15) is 0 Å². The lowest BCUT2D eigenvalue weighted by molar-refractivity contribution is 0.0790. The highest BCUT2D eigenvalue weighted by atomic mass is 16.4. The predicted octanol–water partition coefficient (Wildman–Crippen LogP) is 3.67. The zero-order chi connectivity index (χ0) is 17.2. The second-order valence-electron chi connectivity index (χ2n) is 6.41. The molecule has 1 amide bonds. The highest BCUT2D eigenvalue weighted by Crippen LogP contribution is 2.29. The maximum atomic E-state index is 12.5. The number of rotatable bonds is 3. The first-order valence-electron chi connectivity index (χ1n) is 8.45. The number of aryl methyl sites for hydroxylation is 1. The molecule has 1 aliphatic rings. The SMILES string of the molecule is Cc1ccc(-c2nnc([C@H]3CCN(C(=O)c4ccccc4)C3)o2)cc1. The van der Waals surface area contributed by atoms with Gasteiger partial charge in [0.25, 0.3) is 5.91 Å².